The minimum absolute atomic E-state index is 0.182. The van der Waals surface area contributed by atoms with Crippen molar-refractivity contribution in [1.29, 1.82) is 5.26 Å². The van der Waals surface area contributed by atoms with Crippen molar-refractivity contribution < 1.29 is 14.0 Å². The maximum Gasteiger partial charge on any atom is 0.239 e. The van der Waals surface area contributed by atoms with Crippen LogP contribution in [0.3, 0.4) is 0 Å². The van der Waals surface area contributed by atoms with Gasteiger partial charge in [-0.25, -0.2) is 9.07 Å². The van der Waals surface area contributed by atoms with E-state index in [0.29, 0.717) is 43.7 Å². The molecule has 2 aromatic carbocycles. The fourth-order valence-electron chi connectivity index (χ4n) is 4.22. The highest BCUT2D eigenvalue weighted by Crippen LogP contribution is 2.27. The van der Waals surface area contributed by atoms with Gasteiger partial charge < -0.3 is 16.0 Å². The van der Waals surface area contributed by atoms with Gasteiger partial charge in [-0.2, -0.15) is 10.4 Å². The number of amides is 2. The van der Waals surface area contributed by atoms with Crippen molar-refractivity contribution in [3.8, 4) is 11.8 Å². The second kappa shape index (κ2) is 9.97. The monoisotopic (exact) mass is 474 g/mol. The number of aryl methyl sites for hydroxylation is 3. The smallest absolute Gasteiger partial charge is 0.239 e. The lowest BCUT2D eigenvalue weighted by atomic mass is 10.1. The Morgan fingerprint density at radius 1 is 1.20 bits per heavy atom. The summed E-state index contributed by atoms with van der Waals surface area (Å²) in [5.41, 5.74) is 10.5. The summed E-state index contributed by atoms with van der Waals surface area (Å²) in [7, 11) is 0. The van der Waals surface area contributed by atoms with Gasteiger partial charge in [-0.3, -0.25) is 9.59 Å². The Morgan fingerprint density at radius 3 is 2.60 bits per heavy atom. The molecular formula is C26H27FN6O2. The number of hydrogen-bond acceptors (Lipinski definition) is 5. The topological polar surface area (TPSA) is 117 Å². The van der Waals surface area contributed by atoms with Crippen molar-refractivity contribution in [2.75, 3.05) is 23.7 Å². The fourth-order valence-corrected chi connectivity index (χ4v) is 4.22. The largest absolute Gasteiger partial charge is 0.382 e. The van der Waals surface area contributed by atoms with Gasteiger partial charge in [0.2, 0.25) is 11.8 Å². The Hall–Kier alpha value is -4.19. The Morgan fingerprint density at radius 2 is 1.91 bits per heavy atom. The second-order valence-corrected chi connectivity index (χ2v) is 8.70. The van der Waals surface area contributed by atoms with Crippen LogP contribution in [-0.4, -0.2) is 34.7 Å². The van der Waals surface area contributed by atoms with E-state index in [0.717, 1.165) is 16.8 Å². The molecule has 1 atom stereocenters. The summed E-state index contributed by atoms with van der Waals surface area (Å²) in [5.74, 6) is -1.39. The number of nitrogen functional groups attached to an aromatic ring is 1. The maximum atomic E-state index is 13.2. The Kier molecular flexibility index (Phi) is 6.82. The van der Waals surface area contributed by atoms with Gasteiger partial charge in [-0.05, 0) is 80.6 Å². The van der Waals surface area contributed by atoms with Crippen molar-refractivity contribution in [2.24, 2.45) is 5.92 Å². The predicted octanol–water partition coefficient (Wildman–Crippen LogP) is 3.18. The van der Waals surface area contributed by atoms with Gasteiger partial charge >= 0.3 is 0 Å². The SMILES string of the molecule is Cc1ccc(N2CCC(C(=O)NCCCc3nn(-c4ccc(F)cc4)c(N)c3C#N)C2=O)cc1C. The lowest BCUT2D eigenvalue weighted by Crippen LogP contribution is -2.37. The third-order valence-electron chi connectivity index (χ3n) is 6.39. The highest BCUT2D eigenvalue weighted by Gasteiger charge is 2.37. The summed E-state index contributed by atoms with van der Waals surface area (Å²) in [6.45, 7) is 4.85. The summed E-state index contributed by atoms with van der Waals surface area (Å²) >= 11 is 0. The van der Waals surface area contributed by atoms with Gasteiger partial charge in [0, 0.05) is 18.8 Å². The summed E-state index contributed by atoms with van der Waals surface area (Å²) in [5, 5.41) is 16.8. The van der Waals surface area contributed by atoms with Crippen molar-refractivity contribution in [3.63, 3.8) is 0 Å². The highest BCUT2D eigenvalue weighted by molar-refractivity contribution is 6.09. The number of halogens is 1. The number of benzene rings is 2. The van der Waals surface area contributed by atoms with Crippen LogP contribution in [-0.2, 0) is 16.0 Å². The van der Waals surface area contributed by atoms with Gasteiger partial charge in [-0.15, -0.1) is 0 Å². The number of carbonyl (C=O) groups excluding carboxylic acids is 2. The zero-order chi connectivity index (χ0) is 25.1. The number of nitrogens with two attached hydrogens (primary N) is 1. The quantitative estimate of drug-likeness (QED) is 0.403. The molecule has 0 bridgehead atoms. The van der Waals surface area contributed by atoms with Gasteiger partial charge in [0.25, 0.3) is 0 Å². The van der Waals surface area contributed by atoms with Gasteiger partial charge in [-0.1, -0.05) is 6.07 Å². The highest BCUT2D eigenvalue weighted by atomic mass is 19.1. The van der Waals surface area contributed by atoms with Crippen molar-refractivity contribution >= 4 is 23.3 Å². The molecule has 0 spiro atoms. The number of nitrogens with one attached hydrogen (secondary N) is 1. The number of hydrogen-bond donors (Lipinski definition) is 2. The molecule has 9 heteroatoms. The van der Waals surface area contributed by atoms with E-state index in [1.807, 2.05) is 32.0 Å². The van der Waals surface area contributed by atoms with Crippen LogP contribution in [0.15, 0.2) is 42.5 Å². The molecule has 2 heterocycles. The summed E-state index contributed by atoms with van der Waals surface area (Å²) in [6, 6.07) is 13.6. The third kappa shape index (κ3) is 4.87. The predicted molar refractivity (Wildman–Crippen MR) is 130 cm³/mol. The molecule has 35 heavy (non-hydrogen) atoms. The summed E-state index contributed by atoms with van der Waals surface area (Å²) < 4.78 is 14.6. The molecule has 1 aromatic heterocycles. The van der Waals surface area contributed by atoms with E-state index in [-0.39, 0.29) is 29.0 Å². The molecule has 8 nitrogen and oxygen atoms in total. The van der Waals surface area contributed by atoms with E-state index in [2.05, 4.69) is 16.5 Å². The van der Waals surface area contributed by atoms with Gasteiger partial charge in [0.05, 0.1) is 11.4 Å². The van der Waals surface area contributed by atoms with Crippen LogP contribution in [0.2, 0.25) is 0 Å². The molecule has 3 N–H and O–H groups in total. The first-order chi connectivity index (χ1) is 16.8. The second-order valence-electron chi connectivity index (χ2n) is 8.70. The van der Waals surface area contributed by atoms with Crippen LogP contribution in [0.4, 0.5) is 15.9 Å². The number of anilines is 2. The standard InChI is InChI=1S/C26H27FN6O2/c1-16-5-8-20(14-17(16)2)32-13-11-21(26(32)35)25(34)30-12-3-4-23-22(15-28)24(29)33(31-23)19-9-6-18(27)7-10-19/h5-10,14,21H,3-4,11-13,29H2,1-2H3,(H,30,34). The average Bonchev–Trinajstić information content (AvgIpc) is 3.38. The van der Waals surface area contributed by atoms with Crippen LogP contribution in [0.5, 0.6) is 0 Å². The van der Waals surface area contributed by atoms with E-state index >= 15 is 0 Å². The molecule has 2 amide bonds. The molecular weight excluding hydrogens is 447 g/mol. The number of nitrogens with zero attached hydrogens (tertiary/aromatic N) is 4. The molecule has 1 unspecified atom stereocenters. The fraction of sp³-hybridized carbons (Fsp3) is 0.308. The van der Waals surface area contributed by atoms with Gasteiger partial charge in [0.15, 0.2) is 0 Å². The summed E-state index contributed by atoms with van der Waals surface area (Å²) in [4.78, 5) is 27.2. The Balaban J connectivity index is 1.34. The lowest BCUT2D eigenvalue weighted by Gasteiger charge is -2.18. The van der Waals surface area contributed by atoms with Crippen LogP contribution < -0.4 is 16.0 Å². The molecule has 4 rings (SSSR count). The first-order valence-electron chi connectivity index (χ1n) is 11.5. The first-order valence-corrected chi connectivity index (χ1v) is 11.5. The lowest BCUT2D eigenvalue weighted by molar-refractivity contribution is -0.132. The van der Waals surface area contributed by atoms with E-state index in [1.165, 1.54) is 28.9 Å². The molecule has 3 aromatic rings. The molecule has 1 saturated heterocycles. The number of aromatic nitrogens is 2. The van der Waals surface area contributed by atoms with Crippen LogP contribution in [0.25, 0.3) is 5.69 Å². The minimum Gasteiger partial charge on any atom is -0.382 e. The van der Waals surface area contributed by atoms with Crippen molar-refractivity contribution in [3.05, 3.63) is 70.7 Å². The zero-order valence-corrected chi connectivity index (χ0v) is 19.7. The first kappa shape index (κ1) is 24.0. The average molecular weight is 475 g/mol. The number of nitriles is 1. The number of carbonyl (C=O) groups is 2. The van der Waals surface area contributed by atoms with E-state index in [1.54, 1.807) is 4.90 Å². The number of rotatable bonds is 7. The molecule has 1 fully saturated rings. The molecule has 0 aliphatic carbocycles. The molecule has 0 radical (unpaired) electrons. The van der Waals surface area contributed by atoms with Crippen LogP contribution in [0.1, 0.15) is 35.2 Å². The van der Waals surface area contributed by atoms with Gasteiger partial charge in [0.1, 0.15) is 29.2 Å². The Labute approximate surface area is 203 Å². The Bertz CT molecular complexity index is 1310. The van der Waals surface area contributed by atoms with E-state index in [9.17, 15) is 19.2 Å². The molecule has 1 aliphatic rings. The minimum atomic E-state index is -0.709. The summed E-state index contributed by atoms with van der Waals surface area (Å²) in [6.07, 6.45) is 1.39. The normalized spacial score (nSPS) is 15.3. The van der Waals surface area contributed by atoms with Crippen LogP contribution >= 0.6 is 0 Å². The van der Waals surface area contributed by atoms with E-state index in [4.69, 9.17) is 5.73 Å². The van der Waals surface area contributed by atoms with Crippen molar-refractivity contribution in [1.82, 2.24) is 15.1 Å². The third-order valence-corrected chi connectivity index (χ3v) is 6.39. The van der Waals surface area contributed by atoms with E-state index < -0.39 is 5.92 Å². The van der Waals surface area contributed by atoms with Crippen LogP contribution in [0, 0.1) is 36.9 Å². The van der Waals surface area contributed by atoms with Crippen molar-refractivity contribution in [2.45, 2.75) is 33.1 Å². The maximum absolute atomic E-state index is 13.2. The zero-order valence-electron chi connectivity index (χ0n) is 19.7. The molecule has 1 aliphatic heterocycles. The molecule has 180 valence electrons. The molecule has 0 saturated carbocycles.